The Morgan fingerprint density at radius 1 is 0.846 bits per heavy atom. The second-order valence-electron chi connectivity index (χ2n) is 11.3. The number of urea groups is 1. The van der Waals surface area contributed by atoms with Crippen molar-refractivity contribution >= 4 is 28.4 Å². The molecule has 7 nitrogen and oxygen atoms in total. The first-order chi connectivity index (χ1) is 18.9. The van der Waals surface area contributed by atoms with Crippen molar-refractivity contribution in [3.05, 3.63) is 77.6 Å². The summed E-state index contributed by atoms with van der Waals surface area (Å²) in [6.07, 6.45) is 4.98. The number of nitrogens with two attached hydrogens (primary N) is 1. The van der Waals surface area contributed by atoms with Gasteiger partial charge >= 0.3 is 6.03 Å². The highest BCUT2D eigenvalue weighted by molar-refractivity contribution is 5.94. The SMILES string of the molecule is Nc1ccc(C(=O)N2CCCN(C(=O)NC3C[C@H]4CC[C@@H](C3)N4Cc3ccc4cc(F)ccc4c3)CC2)cc1. The van der Waals surface area contributed by atoms with Crippen LogP contribution in [0.4, 0.5) is 14.9 Å². The number of nitrogen functional groups attached to an aromatic ring is 1. The number of halogens is 1. The monoisotopic (exact) mass is 529 g/mol. The molecule has 2 bridgehead atoms. The minimum atomic E-state index is -0.207. The maximum Gasteiger partial charge on any atom is 0.317 e. The van der Waals surface area contributed by atoms with Crippen LogP contribution in [-0.4, -0.2) is 70.9 Å². The van der Waals surface area contributed by atoms with Crippen LogP contribution in [0.3, 0.4) is 0 Å². The number of carbonyl (C=O) groups is 2. The molecule has 3 fully saturated rings. The van der Waals surface area contributed by atoms with E-state index in [4.69, 9.17) is 5.73 Å². The van der Waals surface area contributed by atoms with E-state index >= 15 is 0 Å². The van der Waals surface area contributed by atoms with Crippen molar-refractivity contribution in [3.8, 4) is 0 Å². The zero-order valence-electron chi connectivity index (χ0n) is 22.2. The van der Waals surface area contributed by atoms with E-state index in [0.29, 0.717) is 49.5 Å². The number of amides is 3. The third kappa shape index (κ3) is 5.57. The molecule has 3 amide bonds. The predicted octanol–water partition coefficient (Wildman–Crippen LogP) is 4.61. The van der Waals surface area contributed by atoms with Gasteiger partial charge in [-0.1, -0.05) is 18.2 Å². The van der Waals surface area contributed by atoms with Gasteiger partial charge in [0, 0.05) is 62.1 Å². The number of rotatable bonds is 4. The number of nitrogens with one attached hydrogen (secondary N) is 1. The number of fused-ring (bicyclic) bond motifs is 3. The molecule has 6 rings (SSSR count). The molecule has 3 aromatic carbocycles. The Balaban J connectivity index is 1.02. The minimum Gasteiger partial charge on any atom is -0.399 e. The summed E-state index contributed by atoms with van der Waals surface area (Å²) < 4.78 is 13.6. The van der Waals surface area contributed by atoms with Crippen molar-refractivity contribution in [2.45, 2.75) is 56.8 Å². The molecule has 0 saturated carbocycles. The van der Waals surface area contributed by atoms with E-state index in [-0.39, 0.29) is 23.8 Å². The molecule has 0 aromatic heterocycles. The number of piperidine rings is 1. The number of hydrogen-bond acceptors (Lipinski definition) is 4. The van der Waals surface area contributed by atoms with Crippen LogP contribution < -0.4 is 11.1 Å². The van der Waals surface area contributed by atoms with E-state index in [2.05, 4.69) is 22.3 Å². The first-order valence-corrected chi connectivity index (χ1v) is 14.1. The van der Waals surface area contributed by atoms with Gasteiger partial charge in [0.1, 0.15) is 5.82 Å². The highest BCUT2D eigenvalue weighted by Gasteiger charge is 2.41. The summed E-state index contributed by atoms with van der Waals surface area (Å²) in [6.45, 7) is 3.23. The maximum absolute atomic E-state index is 13.6. The molecule has 0 spiro atoms. The summed E-state index contributed by atoms with van der Waals surface area (Å²) in [5, 5.41) is 5.31. The van der Waals surface area contributed by atoms with Gasteiger partial charge in [-0.15, -0.1) is 0 Å². The third-order valence-electron chi connectivity index (χ3n) is 8.67. The van der Waals surface area contributed by atoms with Gasteiger partial charge in [0.15, 0.2) is 0 Å². The Labute approximate surface area is 228 Å². The van der Waals surface area contributed by atoms with Crippen molar-refractivity contribution in [3.63, 3.8) is 0 Å². The van der Waals surface area contributed by atoms with Gasteiger partial charge in [0.2, 0.25) is 0 Å². The highest BCUT2D eigenvalue weighted by atomic mass is 19.1. The first kappa shape index (κ1) is 25.6. The van der Waals surface area contributed by atoms with Gasteiger partial charge in [-0.25, -0.2) is 9.18 Å². The van der Waals surface area contributed by atoms with Crippen LogP contribution in [-0.2, 0) is 6.54 Å². The van der Waals surface area contributed by atoms with Crippen LogP contribution in [0.1, 0.15) is 48.0 Å². The zero-order valence-corrected chi connectivity index (χ0v) is 22.2. The Hall–Kier alpha value is -3.65. The molecule has 204 valence electrons. The predicted molar refractivity (Wildman–Crippen MR) is 151 cm³/mol. The second kappa shape index (κ2) is 10.8. The largest absolute Gasteiger partial charge is 0.399 e. The minimum absolute atomic E-state index is 0.0141. The summed E-state index contributed by atoms with van der Waals surface area (Å²) in [6, 6.07) is 19.3. The smallest absolute Gasteiger partial charge is 0.317 e. The lowest BCUT2D eigenvalue weighted by Crippen LogP contribution is -2.53. The summed E-state index contributed by atoms with van der Waals surface area (Å²) in [7, 11) is 0. The molecule has 3 aromatic rings. The molecule has 3 N–H and O–H groups in total. The Morgan fingerprint density at radius 3 is 2.28 bits per heavy atom. The van der Waals surface area contributed by atoms with E-state index in [0.717, 1.165) is 49.4 Å². The van der Waals surface area contributed by atoms with Crippen molar-refractivity contribution in [1.82, 2.24) is 20.0 Å². The van der Waals surface area contributed by atoms with E-state index in [1.165, 1.54) is 11.6 Å². The molecule has 3 saturated heterocycles. The van der Waals surface area contributed by atoms with Crippen LogP contribution in [0.25, 0.3) is 10.8 Å². The van der Waals surface area contributed by atoms with Gasteiger partial charge in [-0.3, -0.25) is 9.69 Å². The Morgan fingerprint density at radius 2 is 1.51 bits per heavy atom. The molecule has 1 unspecified atom stereocenters. The van der Waals surface area contributed by atoms with Crippen LogP contribution in [0, 0.1) is 5.82 Å². The number of carbonyl (C=O) groups excluding carboxylic acids is 2. The molecule has 0 radical (unpaired) electrons. The zero-order chi connectivity index (χ0) is 26.9. The van der Waals surface area contributed by atoms with Crippen LogP contribution in [0.15, 0.2) is 60.7 Å². The van der Waals surface area contributed by atoms with Gasteiger partial charge < -0.3 is 20.9 Å². The van der Waals surface area contributed by atoms with E-state index in [1.54, 1.807) is 30.3 Å². The molecule has 3 aliphatic rings. The van der Waals surface area contributed by atoms with E-state index < -0.39 is 0 Å². The maximum atomic E-state index is 13.6. The first-order valence-electron chi connectivity index (χ1n) is 14.1. The van der Waals surface area contributed by atoms with Crippen LogP contribution >= 0.6 is 0 Å². The molecular formula is C31H36FN5O2. The lowest BCUT2D eigenvalue weighted by molar-refractivity contribution is 0.0761. The average Bonchev–Trinajstić information content (AvgIpc) is 3.11. The lowest BCUT2D eigenvalue weighted by Gasteiger charge is -2.39. The molecule has 3 atom stereocenters. The van der Waals surface area contributed by atoms with Crippen LogP contribution in [0.5, 0.6) is 0 Å². The molecule has 39 heavy (non-hydrogen) atoms. The number of nitrogens with zero attached hydrogens (tertiary/aromatic N) is 3. The topological polar surface area (TPSA) is 81.9 Å². The van der Waals surface area contributed by atoms with Gasteiger partial charge in [0.05, 0.1) is 0 Å². The number of benzene rings is 3. The van der Waals surface area contributed by atoms with E-state index in [9.17, 15) is 14.0 Å². The molecular weight excluding hydrogens is 493 g/mol. The quantitative estimate of drug-likeness (QED) is 0.484. The summed E-state index contributed by atoms with van der Waals surface area (Å²) >= 11 is 0. The molecule has 3 aliphatic heterocycles. The average molecular weight is 530 g/mol. The Kier molecular flexibility index (Phi) is 7.12. The molecule has 3 heterocycles. The van der Waals surface area contributed by atoms with Crippen molar-refractivity contribution in [2.75, 3.05) is 31.9 Å². The fourth-order valence-electron chi connectivity index (χ4n) is 6.62. The van der Waals surface area contributed by atoms with Crippen LogP contribution in [0.2, 0.25) is 0 Å². The third-order valence-corrected chi connectivity index (χ3v) is 8.67. The number of hydrogen-bond donors (Lipinski definition) is 2. The van der Waals surface area contributed by atoms with Gasteiger partial charge in [-0.05, 0) is 90.9 Å². The molecule has 0 aliphatic carbocycles. The summed E-state index contributed by atoms with van der Waals surface area (Å²) in [5.74, 6) is -0.221. The highest BCUT2D eigenvalue weighted by Crippen LogP contribution is 2.37. The standard InChI is InChI=1S/C31H36FN5O2/c32-25-7-4-23-16-21(2-3-24(23)17-25)20-37-28-10-11-29(37)19-27(18-28)34-31(39)36-13-1-12-35(14-15-36)30(38)22-5-8-26(33)9-6-22/h2-9,16-17,27-29H,1,10-15,18-20,33H2,(H,34,39)/t27?,28-,29+. The van der Waals surface area contributed by atoms with E-state index in [1.807, 2.05) is 21.9 Å². The second-order valence-corrected chi connectivity index (χ2v) is 11.3. The fraction of sp³-hybridized carbons (Fsp3) is 0.419. The van der Waals surface area contributed by atoms with Crippen molar-refractivity contribution in [1.29, 1.82) is 0 Å². The fourth-order valence-corrected chi connectivity index (χ4v) is 6.62. The van der Waals surface area contributed by atoms with Crippen molar-refractivity contribution in [2.24, 2.45) is 0 Å². The summed E-state index contributed by atoms with van der Waals surface area (Å²) in [5.41, 5.74) is 8.26. The summed E-state index contributed by atoms with van der Waals surface area (Å²) in [4.78, 5) is 32.4. The van der Waals surface area contributed by atoms with Crippen molar-refractivity contribution < 1.29 is 14.0 Å². The molecule has 8 heteroatoms. The lowest BCUT2D eigenvalue weighted by atomic mass is 9.96. The van der Waals surface area contributed by atoms with Gasteiger partial charge in [-0.2, -0.15) is 0 Å². The van der Waals surface area contributed by atoms with Gasteiger partial charge in [0.25, 0.3) is 5.91 Å². The number of anilines is 1. The normalized spacial score (nSPS) is 23.6. The Bertz CT molecular complexity index is 1350.